The van der Waals surface area contributed by atoms with Crippen LogP contribution in [0.15, 0.2) is 36.4 Å². The number of anilines is 2. The second-order valence-electron chi connectivity index (χ2n) is 5.87. The first-order chi connectivity index (χ1) is 14.3. The van der Waals surface area contributed by atoms with Crippen LogP contribution in [0.4, 0.5) is 38.1 Å². The number of nitrogens with two attached hydrogens (primary N) is 1. The molecule has 1 aromatic carbocycles. The summed E-state index contributed by atoms with van der Waals surface area (Å²) in [6.45, 7) is 2.51. The topological polar surface area (TPSA) is 114 Å². The number of alkyl halides is 6. The van der Waals surface area contributed by atoms with Gasteiger partial charge in [0.25, 0.3) is 0 Å². The largest absolute Gasteiger partial charge is 0.490 e. The number of fused-ring (bicyclic) bond motifs is 1. The van der Waals surface area contributed by atoms with Crippen molar-refractivity contribution in [3.63, 3.8) is 0 Å². The fourth-order valence-electron chi connectivity index (χ4n) is 2.43. The fourth-order valence-corrected chi connectivity index (χ4v) is 2.43. The minimum Gasteiger partial charge on any atom is -0.475 e. The second-order valence-corrected chi connectivity index (χ2v) is 5.87. The van der Waals surface area contributed by atoms with Crippen LogP contribution in [-0.4, -0.2) is 38.7 Å². The summed E-state index contributed by atoms with van der Waals surface area (Å²) in [6.07, 6.45) is -9.55. The van der Waals surface area contributed by atoms with Crippen molar-refractivity contribution in [1.29, 1.82) is 0 Å². The van der Waals surface area contributed by atoms with E-state index in [1.807, 2.05) is 6.92 Å². The molecule has 0 radical (unpaired) electrons. The van der Waals surface area contributed by atoms with Gasteiger partial charge in [-0.25, -0.2) is 9.78 Å². The molecule has 0 aliphatic heterocycles. The Morgan fingerprint density at radius 3 is 2.19 bits per heavy atom. The van der Waals surface area contributed by atoms with E-state index < -0.39 is 23.9 Å². The van der Waals surface area contributed by atoms with Crippen molar-refractivity contribution in [2.45, 2.75) is 19.3 Å². The first-order valence-corrected chi connectivity index (χ1v) is 8.49. The average molecular weight is 447 g/mol. The lowest BCUT2D eigenvalue weighted by Gasteiger charge is -2.13. The molecule has 0 atom stereocenters. The van der Waals surface area contributed by atoms with Crippen molar-refractivity contribution in [3.05, 3.63) is 42.0 Å². The van der Waals surface area contributed by atoms with E-state index in [1.54, 1.807) is 6.07 Å². The molecule has 2 aromatic heterocycles. The molecule has 0 aliphatic carbocycles. The molecule has 0 fully saturated rings. The summed E-state index contributed by atoms with van der Waals surface area (Å²) in [5.41, 5.74) is 5.33. The number of carboxylic acid groups (broad SMARTS) is 1. The lowest BCUT2D eigenvalue weighted by molar-refractivity contribution is -0.192. The third kappa shape index (κ3) is 5.93. The Labute approximate surface area is 170 Å². The molecule has 0 spiro atoms. The van der Waals surface area contributed by atoms with Crippen LogP contribution in [0.1, 0.15) is 12.5 Å². The van der Waals surface area contributed by atoms with Crippen LogP contribution >= 0.6 is 0 Å². The molecule has 3 rings (SSSR count). The minimum absolute atomic E-state index is 0.00548. The molecule has 0 saturated carbocycles. The normalized spacial score (nSPS) is 11.6. The Hall–Kier alpha value is -3.64. The van der Waals surface area contributed by atoms with Crippen LogP contribution in [0.3, 0.4) is 0 Å². The van der Waals surface area contributed by atoms with Gasteiger partial charge in [-0.05, 0) is 25.1 Å². The minimum atomic E-state index is -5.08. The van der Waals surface area contributed by atoms with Gasteiger partial charge in [0.15, 0.2) is 5.65 Å². The zero-order valence-corrected chi connectivity index (χ0v) is 15.7. The number of rotatable bonds is 3. The Morgan fingerprint density at radius 1 is 1.03 bits per heavy atom. The van der Waals surface area contributed by atoms with Crippen molar-refractivity contribution >= 4 is 28.8 Å². The number of halogens is 6. The molecule has 2 heterocycles. The van der Waals surface area contributed by atoms with Crippen molar-refractivity contribution in [3.8, 4) is 11.3 Å². The molecule has 3 aromatic rings. The van der Waals surface area contributed by atoms with Gasteiger partial charge in [-0.1, -0.05) is 18.2 Å². The predicted molar refractivity (Wildman–Crippen MR) is 100 cm³/mol. The number of hydrogen-bond acceptors (Lipinski definition) is 6. The van der Waals surface area contributed by atoms with E-state index in [-0.39, 0.29) is 22.9 Å². The third-order valence-corrected chi connectivity index (χ3v) is 3.67. The van der Waals surface area contributed by atoms with Crippen LogP contribution in [0.5, 0.6) is 0 Å². The van der Waals surface area contributed by atoms with Crippen LogP contribution in [0, 0.1) is 0 Å². The summed E-state index contributed by atoms with van der Waals surface area (Å²) in [5.74, 6) is -2.25. The monoisotopic (exact) mass is 447 g/mol. The number of pyridine rings is 1. The lowest BCUT2D eigenvalue weighted by atomic mass is 10.0. The van der Waals surface area contributed by atoms with Crippen molar-refractivity contribution < 1.29 is 36.2 Å². The van der Waals surface area contributed by atoms with Gasteiger partial charge in [0.05, 0.1) is 16.6 Å². The molecule has 13 heteroatoms. The SMILES string of the molecule is CCNc1nc(N)nc2nc(-c3ccccc3C(F)(F)F)ccc12.O=C(O)C(F)(F)F. The molecule has 0 unspecified atom stereocenters. The van der Waals surface area contributed by atoms with Crippen LogP contribution < -0.4 is 11.1 Å². The summed E-state index contributed by atoms with van der Waals surface area (Å²) >= 11 is 0. The molecule has 0 saturated heterocycles. The smallest absolute Gasteiger partial charge is 0.475 e. The molecule has 0 amide bonds. The summed E-state index contributed by atoms with van der Waals surface area (Å²) in [5, 5.41) is 10.8. The number of carboxylic acids is 1. The molecular weight excluding hydrogens is 432 g/mol. The maximum absolute atomic E-state index is 13.2. The highest BCUT2D eigenvalue weighted by Crippen LogP contribution is 2.36. The molecule has 166 valence electrons. The number of benzene rings is 1. The highest BCUT2D eigenvalue weighted by Gasteiger charge is 2.38. The summed E-state index contributed by atoms with van der Waals surface area (Å²) in [4.78, 5) is 21.3. The number of carbonyl (C=O) groups is 1. The summed E-state index contributed by atoms with van der Waals surface area (Å²) in [6, 6.07) is 8.45. The Bertz CT molecular complexity index is 1090. The first-order valence-electron chi connectivity index (χ1n) is 8.49. The van der Waals surface area contributed by atoms with Crippen molar-refractivity contribution in [2.24, 2.45) is 0 Å². The van der Waals surface area contributed by atoms with Gasteiger partial charge in [-0.3, -0.25) is 0 Å². The van der Waals surface area contributed by atoms with E-state index in [0.717, 1.165) is 6.07 Å². The third-order valence-electron chi connectivity index (χ3n) is 3.67. The number of hydrogen-bond donors (Lipinski definition) is 3. The Balaban J connectivity index is 0.000000423. The zero-order valence-electron chi connectivity index (χ0n) is 15.7. The maximum Gasteiger partial charge on any atom is 0.490 e. The average Bonchev–Trinajstić information content (AvgIpc) is 2.66. The van der Waals surface area contributed by atoms with Gasteiger partial charge < -0.3 is 16.2 Å². The van der Waals surface area contributed by atoms with Crippen LogP contribution in [-0.2, 0) is 11.0 Å². The van der Waals surface area contributed by atoms with Gasteiger partial charge in [0.1, 0.15) is 5.82 Å². The zero-order chi connectivity index (χ0) is 23.4. The van der Waals surface area contributed by atoms with E-state index in [0.29, 0.717) is 17.7 Å². The van der Waals surface area contributed by atoms with Crippen LogP contribution in [0.2, 0.25) is 0 Å². The first kappa shape index (κ1) is 23.6. The number of nitrogens with zero attached hydrogens (tertiary/aromatic N) is 3. The standard InChI is InChI=1S/C16H14F3N5.C2HF3O2/c1-2-21-13-10-7-8-12(22-14(10)24-15(20)23-13)9-5-3-4-6-11(9)16(17,18)19;3-2(4,5)1(6)7/h3-8H,2H2,1H3,(H3,20,21,22,23,24);(H,6,7). The number of nitrogens with one attached hydrogen (secondary N) is 1. The van der Waals surface area contributed by atoms with Gasteiger partial charge in [-0.15, -0.1) is 0 Å². The van der Waals surface area contributed by atoms with E-state index in [2.05, 4.69) is 20.3 Å². The van der Waals surface area contributed by atoms with E-state index in [4.69, 9.17) is 15.6 Å². The highest BCUT2D eigenvalue weighted by molar-refractivity contribution is 5.89. The summed E-state index contributed by atoms with van der Waals surface area (Å²) in [7, 11) is 0. The molecule has 0 bridgehead atoms. The summed E-state index contributed by atoms with van der Waals surface area (Å²) < 4.78 is 71.3. The van der Waals surface area contributed by atoms with E-state index in [9.17, 15) is 26.3 Å². The van der Waals surface area contributed by atoms with Gasteiger partial charge >= 0.3 is 18.3 Å². The van der Waals surface area contributed by atoms with Crippen LogP contribution in [0.25, 0.3) is 22.3 Å². The van der Waals surface area contributed by atoms with E-state index >= 15 is 0 Å². The van der Waals surface area contributed by atoms with E-state index in [1.165, 1.54) is 24.3 Å². The van der Waals surface area contributed by atoms with Gasteiger partial charge in [-0.2, -0.15) is 36.3 Å². The maximum atomic E-state index is 13.2. The molecule has 0 aliphatic rings. The number of aliphatic carboxylic acids is 1. The number of nitrogen functional groups attached to an aromatic ring is 1. The van der Waals surface area contributed by atoms with Crippen molar-refractivity contribution in [2.75, 3.05) is 17.6 Å². The second kappa shape index (κ2) is 9.02. The Kier molecular flexibility index (Phi) is 6.88. The number of aromatic nitrogens is 3. The van der Waals surface area contributed by atoms with Gasteiger partial charge in [0.2, 0.25) is 5.95 Å². The van der Waals surface area contributed by atoms with Crippen molar-refractivity contribution in [1.82, 2.24) is 15.0 Å². The quantitative estimate of drug-likeness (QED) is 0.511. The molecular formula is C18H15F6N5O2. The lowest BCUT2D eigenvalue weighted by Crippen LogP contribution is -2.21. The highest BCUT2D eigenvalue weighted by atomic mass is 19.4. The molecule has 4 N–H and O–H groups in total. The fraction of sp³-hybridized carbons (Fsp3) is 0.222. The van der Waals surface area contributed by atoms with Gasteiger partial charge in [0, 0.05) is 12.1 Å². The Morgan fingerprint density at radius 2 is 1.65 bits per heavy atom. The molecule has 31 heavy (non-hydrogen) atoms. The predicted octanol–water partition coefficient (Wildman–Crippen LogP) is 4.36. The molecule has 7 nitrogen and oxygen atoms in total.